The number of benzene rings is 2. The molecule has 1 N–H and O–H groups in total. The molecule has 0 unspecified atom stereocenters. The molecule has 0 spiro atoms. The smallest absolute Gasteiger partial charge is 0.416 e. The van der Waals surface area contributed by atoms with Crippen molar-refractivity contribution in [3.05, 3.63) is 59.2 Å². The second kappa shape index (κ2) is 14.8. The Morgan fingerprint density at radius 1 is 0.936 bits per heavy atom. The number of rotatable bonds is 4. The first-order valence-corrected chi connectivity index (χ1v) is 16.8. The largest absolute Gasteiger partial charge is 0.497 e. The second-order valence-corrected chi connectivity index (χ2v) is 13.2. The monoisotopic (exact) mass is 658 g/mol. The number of nitrogens with one attached hydrogen (secondary N) is 1. The van der Waals surface area contributed by atoms with Crippen LogP contribution in [0.4, 0.5) is 13.2 Å². The summed E-state index contributed by atoms with van der Waals surface area (Å²) in [4.78, 5) is 34.2. The van der Waals surface area contributed by atoms with Crippen LogP contribution in [0.15, 0.2) is 42.5 Å². The summed E-state index contributed by atoms with van der Waals surface area (Å²) in [6, 6.07) is 11.1. The highest BCUT2D eigenvalue weighted by Crippen LogP contribution is 2.35. The van der Waals surface area contributed by atoms with E-state index in [1.165, 1.54) is 6.07 Å². The third-order valence-electron chi connectivity index (χ3n) is 10.3. The predicted molar refractivity (Wildman–Crippen MR) is 169 cm³/mol. The van der Waals surface area contributed by atoms with Crippen LogP contribution in [-0.4, -0.2) is 105 Å². The minimum atomic E-state index is -4.60. The number of amides is 2. The summed E-state index contributed by atoms with van der Waals surface area (Å²) in [5.41, 5.74) is 0.0823. The molecule has 47 heavy (non-hydrogen) atoms. The number of hydrogen-bond donors (Lipinski definition) is 1. The van der Waals surface area contributed by atoms with E-state index in [1.807, 2.05) is 23.1 Å². The van der Waals surface area contributed by atoms with E-state index in [1.54, 1.807) is 7.11 Å². The molecule has 0 aromatic heterocycles. The number of likely N-dealkylation sites (tertiary alicyclic amines) is 1. The summed E-state index contributed by atoms with van der Waals surface area (Å²) in [5, 5.41) is 2.86. The number of fused-ring (bicyclic) bond motifs is 3. The highest BCUT2D eigenvalue weighted by molar-refractivity contribution is 5.97. The Kier molecular flexibility index (Phi) is 10.6. The third-order valence-corrected chi connectivity index (χ3v) is 10.3. The van der Waals surface area contributed by atoms with E-state index in [9.17, 15) is 22.8 Å². The number of hydrogen-bond acceptors (Lipinski definition) is 7. The number of ether oxygens (including phenoxy) is 3. The lowest BCUT2D eigenvalue weighted by Gasteiger charge is -2.46. The average molecular weight is 659 g/mol. The van der Waals surface area contributed by atoms with Crippen molar-refractivity contribution in [2.45, 2.75) is 56.9 Å². The number of alkyl halides is 3. The van der Waals surface area contributed by atoms with E-state index in [0.29, 0.717) is 45.2 Å². The number of methoxy groups -OCH3 is 1. The summed E-state index contributed by atoms with van der Waals surface area (Å²) in [6.45, 7) is 6.01. The van der Waals surface area contributed by atoms with Gasteiger partial charge < -0.3 is 24.4 Å². The van der Waals surface area contributed by atoms with Gasteiger partial charge in [-0.15, -0.1) is 0 Å². The molecule has 4 heterocycles. The van der Waals surface area contributed by atoms with Gasteiger partial charge in [0.1, 0.15) is 18.1 Å². The molecule has 2 aromatic carbocycles. The summed E-state index contributed by atoms with van der Waals surface area (Å²) in [7, 11) is 1.65. The molecule has 3 saturated heterocycles. The zero-order valence-corrected chi connectivity index (χ0v) is 27.0. The van der Waals surface area contributed by atoms with Gasteiger partial charge in [0.05, 0.1) is 24.3 Å². The van der Waals surface area contributed by atoms with Crippen molar-refractivity contribution in [3.63, 3.8) is 0 Å². The van der Waals surface area contributed by atoms with Crippen molar-refractivity contribution in [3.8, 4) is 11.5 Å². The highest BCUT2D eigenvalue weighted by atomic mass is 19.4. The minimum Gasteiger partial charge on any atom is -0.497 e. The zero-order valence-electron chi connectivity index (χ0n) is 27.0. The quantitative estimate of drug-likeness (QED) is 0.520. The number of piperidine rings is 1. The van der Waals surface area contributed by atoms with Crippen molar-refractivity contribution in [2.24, 2.45) is 11.8 Å². The molecule has 4 aliphatic rings. The van der Waals surface area contributed by atoms with Gasteiger partial charge in [-0.25, -0.2) is 0 Å². The van der Waals surface area contributed by atoms with Crippen LogP contribution in [0.2, 0.25) is 0 Å². The standard InChI is InChI=1S/C35H45F3N4O5/c1-45-30-4-2-3-24(17-30)20-40-12-8-25-18-33(43)42-14-13-41(28-9-15-46-16-10-28)22-29(42)23-47-32-6-5-27(35(36,37)38)19-31(32)34(44)39-11-7-26(25)21-40/h2-6,17,19,25-26,28-29H,7-16,18,20-23H2,1H3,(H,39,44)/t25-,26-,29-/m0/s1. The molecular formula is C35H45F3N4O5. The number of nitrogens with zero attached hydrogens (tertiary/aromatic N) is 3. The fraction of sp³-hybridized carbons (Fsp3) is 0.600. The van der Waals surface area contributed by atoms with Crippen molar-refractivity contribution in [1.82, 2.24) is 20.0 Å². The van der Waals surface area contributed by atoms with Crippen LogP contribution in [0.3, 0.4) is 0 Å². The molecule has 2 amide bonds. The van der Waals surface area contributed by atoms with Crippen molar-refractivity contribution in [1.29, 1.82) is 0 Å². The lowest BCUT2D eigenvalue weighted by Crippen LogP contribution is -2.60. The number of carbonyl (C=O) groups excluding carboxylic acids is 2. The van der Waals surface area contributed by atoms with Crippen LogP contribution in [-0.2, 0) is 22.3 Å². The number of carbonyl (C=O) groups is 2. The van der Waals surface area contributed by atoms with Gasteiger partial charge in [-0.05, 0) is 80.0 Å². The first kappa shape index (κ1) is 33.5. The Labute approximate surface area is 274 Å². The number of halogens is 3. The fourth-order valence-corrected chi connectivity index (χ4v) is 7.66. The van der Waals surface area contributed by atoms with Gasteiger partial charge in [-0.2, -0.15) is 13.2 Å². The van der Waals surface area contributed by atoms with Crippen molar-refractivity contribution in [2.75, 3.05) is 66.2 Å². The zero-order chi connectivity index (χ0) is 33.0. The van der Waals surface area contributed by atoms with Crippen molar-refractivity contribution >= 4 is 11.8 Å². The summed E-state index contributed by atoms with van der Waals surface area (Å²) < 4.78 is 58.2. The molecule has 3 fully saturated rings. The van der Waals surface area contributed by atoms with Gasteiger partial charge >= 0.3 is 6.18 Å². The van der Waals surface area contributed by atoms with Gasteiger partial charge in [-0.1, -0.05) is 12.1 Å². The molecule has 0 bridgehead atoms. The first-order chi connectivity index (χ1) is 22.7. The van der Waals surface area contributed by atoms with E-state index in [2.05, 4.69) is 21.2 Å². The van der Waals surface area contributed by atoms with Crippen LogP contribution < -0.4 is 14.8 Å². The van der Waals surface area contributed by atoms with Crippen LogP contribution in [0, 0.1) is 11.8 Å². The minimum absolute atomic E-state index is 0.0829. The van der Waals surface area contributed by atoms with E-state index >= 15 is 0 Å². The lowest BCUT2D eigenvalue weighted by molar-refractivity contribution is -0.140. The van der Waals surface area contributed by atoms with Gasteiger partial charge in [-0.3, -0.25) is 19.4 Å². The van der Waals surface area contributed by atoms with Crippen LogP contribution in [0.25, 0.3) is 0 Å². The maximum atomic E-state index is 14.1. The van der Waals surface area contributed by atoms with E-state index in [-0.39, 0.29) is 48.2 Å². The van der Waals surface area contributed by atoms with Gasteiger partial charge in [0.2, 0.25) is 5.91 Å². The van der Waals surface area contributed by atoms with Crippen LogP contribution in [0.1, 0.15) is 53.6 Å². The van der Waals surface area contributed by atoms with E-state index < -0.39 is 17.6 Å². The highest BCUT2D eigenvalue weighted by Gasteiger charge is 2.38. The molecule has 2 aromatic rings. The summed E-state index contributed by atoms with van der Waals surface area (Å²) in [6.07, 6.45) is -0.900. The van der Waals surface area contributed by atoms with E-state index in [4.69, 9.17) is 14.2 Å². The predicted octanol–water partition coefficient (Wildman–Crippen LogP) is 4.45. The Morgan fingerprint density at radius 2 is 1.77 bits per heavy atom. The summed E-state index contributed by atoms with van der Waals surface area (Å²) in [5.74, 6) is 0.638. The molecule has 6 rings (SSSR count). The maximum Gasteiger partial charge on any atom is 0.416 e. The Hall–Kier alpha value is -3.35. The SMILES string of the molecule is COc1cccc(CN2CC[C@H]3CC(=O)N4CCN(C5CCOCC5)C[C@H]4COc4ccc(C(F)(F)F)cc4C(=O)NCC[C@H]3C2)c1. The first-order valence-electron chi connectivity index (χ1n) is 16.8. The van der Waals surface area contributed by atoms with Crippen molar-refractivity contribution < 1.29 is 37.0 Å². The van der Waals surface area contributed by atoms with E-state index in [0.717, 1.165) is 68.9 Å². The molecule has 12 heteroatoms. The normalized spacial score (nSPS) is 25.9. The second-order valence-electron chi connectivity index (χ2n) is 13.2. The fourth-order valence-electron chi connectivity index (χ4n) is 7.66. The third kappa shape index (κ3) is 8.21. The molecular weight excluding hydrogens is 613 g/mol. The molecule has 0 radical (unpaired) electrons. The molecule has 256 valence electrons. The van der Waals surface area contributed by atoms with Gasteiger partial charge in [0.15, 0.2) is 0 Å². The Bertz CT molecular complexity index is 1400. The molecule has 0 aliphatic carbocycles. The van der Waals surface area contributed by atoms with Crippen LogP contribution in [0.5, 0.6) is 11.5 Å². The Balaban J connectivity index is 1.25. The molecule has 3 atom stereocenters. The summed E-state index contributed by atoms with van der Waals surface area (Å²) >= 11 is 0. The molecule has 4 aliphatic heterocycles. The Morgan fingerprint density at radius 3 is 2.55 bits per heavy atom. The van der Waals surface area contributed by atoms with Crippen LogP contribution >= 0.6 is 0 Å². The topological polar surface area (TPSA) is 83.6 Å². The molecule has 9 nitrogen and oxygen atoms in total. The maximum absolute atomic E-state index is 14.1. The lowest BCUT2D eigenvalue weighted by atomic mass is 9.80. The van der Waals surface area contributed by atoms with Gasteiger partial charge in [0, 0.05) is 64.9 Å². The average Bonchev–Trinajstić information content (AvgIpc) is 3.07. The van der Waals surface area contributed by atoms with Gasteiger partial charge in [0.25, 0.3) is 5.91 Å². The molecule has 0 saturated carbocycles. The number of piperazine rings is 1.